The molecule has 0 spiro atoms. The first-order valence-corrected chi connectivity index (χ1v) is 8.86. The van der Waals surface area contributed by atoms with Gasteiger partial charge in [-0.15, -0.1) is 0 Å². The summed E-state index contributed by atoms with van der Waals surface area (Å²) in [5.74, 6) is -0.373. The van der Waals surface area contributed by atoms with E-state index >= 15 is 0 Å². The van der Waals surface area contributed by atoms with Crippen molar-refractivity contribution in [3.05, 3.63) is 66.1 Å². The molecule has 3 aromatic heterocycles. The van der Waals surface area contributed by atoms with Crippen LogP contribution in [0.2, 0.25) is 0 Å². The summed E-state index contributed by atoms with van der Waals surface area (Å²) in [6.45, 7) is 4.59. The average molecular weight is 379 g/mol. The zero-order valence-corrected chi connectivity index (χ0v) is 15.4. The first-order valence-electron chi connectivity index (χ1n) is 8.86. The van der Waals surface area contributed by atoms with Crippen molar-refractivity contribution in [1.82, 2.24) is 34.7 Å². The highest BCUT2D eigenvalue weighted by Crippen LogP contribution is 2.20. The third-order valence-corrected chi connectivity index (χ3v) is 4.46. The highest BCUT2D eigenvalue weighted by Gasteiger charge is 2.19. The molecule has 1 atom stereocenters. The number of fused-ring (bicyclic) bond motifs is 1. The van der Waals surface area contributed by atoms with E-state index in [9.17, 15) is 9.18 Å². The molecule has 0 saturated heterocycles. The fourth-order valence-corrected chi connectivity index (χ4v) is 3.06. The van der Waals surface area contributed by atoms with Gasteiger partial charge in [-0.1, -0.05) is 0 Å². The lowest BCUT2D eigenvalue weighted by atomic mass is 10.1. The summed E-state index contributed by atoms with van der Waals surface area (Å²) in [5, 5.41) is 11.3. The van der Waals surface area contributed by atoms with Crippen LogP contribution in [0.4, 0.5) is 4.39 Å². The molecule has 0 aliphatic rings. The third-order valence-electron chi connectivity index (χ3n) is 4.46. The van der Waals surface area contributed by atoms with Crippen molar-refractivity contribution < 1.29 is 9.18 Å². The number of aryl methyl sites for hydroxylation is 1. The van der Waals surface area contributed by atoms with Crippen molar-refractivity contribution in [1.29, 1.82) is 0 Å². The first-order chi connectivity index (χ1) is 13.6. The van der Waals surface area contributed by atoms with Gasteiger partial charge < -0.3 is 5.32 Å². The van der Waals surface area contributed by atoms with Crippen molar-refractivity contribution in [3.8, 4) is 11.3 Å². The zero-order chi connectivity index (χ0) is 19.7. The molecule has 9 heteroatoms. The van der Waals surface area contributed by atoms with E-state index in [-0.39, 0.29) is 23.5 Å². The molecule has 4 aromatic rings. The predicted molar refractivity (Wildman–Crippen MR) is 100.0 cm³/mol. The van der Waals surface area contributed by atoms with Gasteiger partial charge in [0.15, 0.2) is 0 Å². The maximum atomic E-state index is 13.2. The number of benzene rings is 1. The molecule has 0 aliphatic heterocycles. The second kappa shape index (κ2) is 7.18. The highest BCUT2D eigenvalue weighted by molar-refractivity contribution is 5.94. The monoisotopic (exact) mass is 379 g/mol. The molecule has 0 saturated carbocycles. The number of carbonyl (C=O) groups is 1. The van der Waals surface area contributed by atoms with Crippen LogP contribution in [0.3, 0.4) is 0 Å². The minimum atomic E-state index is -0.341. The van der Waals surface area contributed by atoms with E-state index < -0.39 is 0 Å². The van der Waals surface area contributed by atoms with Crippen molar-refractivity contribution in [2.75, 3.05) is 0 Å². The Kier molecular flexibility index (Phi) is 4.56. The third kappa shape index (κ3) is 3.22. The Hall–Kier alpha value is -3.62. The number of hydrogen-bond acceptors (Lipinski definition) is 5. The van der Waals surface area contributed by atoms with Crippen molar-refractivity contribution in [2.45, 2.75) is 26.4 Å². The standard InChI is InChI=1S/C19H18FN7O/c1-3-26-16(8-9-22-26)12(2)24-18(28)17-10-15(13-4-6-14(20)7-5-13)25-19-21-11-23-27(17)19/h4-12H,3H2,1-2H3,(H,24,28)/t12-/m0/s1. The molecule has 1 amide bonds. The number of hydrogen-bond donors (Lipinski definition) is 1. The Bertz CT molecular complexity index is 1130. The molecule has 8 nitrogen and oxygen atoms in total. The lowest BCUT2D eigenvalue weighted by molar-refractivity contribution is 0.0930. The Balaban J connectivity index is 1.70. The van der Waals surface area contributed by atoms with E-state index in [0.717, 1.165) is 5.69 Å². The fraction of sp³-hybridized carbons (Fsp3) is 0.211. The normalized spacial score (nSPS) is 12.2. The zero-order valence-electron chi connectivity index (χ0n) is 15.4. The number of rotatable bonds is 5. The van der Waals surface area contributed by atoms with Crippen molar-refractivity contribution in [2.24, 2.45) is 0 Å². The minimum absolute atomic E-state index is 0.254. The van der Waals surface area contributed by atoms with E-state index in [1.54, 1.807) is 24.4 Å². The summed E-state index contributed by atoms with van der Waals surface area (Å²) in [6.07, 6.45) is 3.04. The van der Waals surface area contributed by atoms with Crippen LogP contribution in [0.5, 0.6) is 0 Å². The number of amides is 1. The van der Waals surface area contributed by atoms with Gasteiger partial charge >= 0.3 is 0 Å². The number of nitrogens with one attached hydrogen (secondary N) is 1. The number of aromatic nitrogens is 6. The summed E-state index contributed by atoms with van der Waals surface area (Å²) in [6, 6.07) is 9.14. The minimum Gasteiger partial charge on any atom is -0.343 e. The van der Waals surface area contributed by atoms with Crippen LogP contribution in [0.1, 0.15) is 36.1 Å². The van der Waals surface area contributed by atoms with Crippen LogP contribution in [0.25, 0.3) is 17.0 Å². The SMILES string of the molecule is CCn1nccc1[C@H](C)NC(=O)c1cc(-c2ccc(F)cc2)nc2ncnn12. The number of nitrogens with zero attached hydrogens (tertiary/aromatic N) is 6. The molecular weight excluding hydrogens is 361 g/mol. The van der Waals surface area contributed by atoms with Gasteiger partial charge in [-0.25, -0.2) is 9.37 Å². The van der Waals surface area contributed by atoms with Crippen LogP contribution >= 0.6 is 0 Å². The molecule has 0 aliphatic carbocycles. The van der Waals surface area contributed by atoms with Gasteiger partial charge in [0.2, 0.25) is 0 Å². The fourth-order valence-electron chi connectivity index (χ4n) is 3.06. The highest BCUT2D eigenvalue weighted by atomic mass is 19.1. The molecule has 142 valence electrons. The van der Waals surface area contributed by atoms with Crippen LogP contribution in [0.15, 0.2) is 48.9 Å². The summed E-state index contributed by atoms with van der Waals surface area (Å²) in [4.78, 5) is 21.5. The Morgan fingerprint density at radius 2 is 2.00 bits per heavy atom. The van der Waals surface area contributed by atoms with E-state index in [1.807, 2.05) is 24.6 Å². The van der Waals surface area contributed by atoms with E-state index in [2.05, 4.69) is 25.5 Å². The van der Waals surface area contributed by atoms with E-state index in [4.69, 9.17) is 0 Å². The molecule has 28 heavy (non-hydrogen) atoms. The molecule has 0 bridgehead atoms. The molecule has 1 aromatic carbocycles. The van der Waals surface area contributed by atoms with Gasteiger partial charge in [-0.3, -0.25) is 9.48 Å². The Labute approximate surface area is 160 Å². The first kappa shape index (κ1) is 17.8. The van der Waals surface area contributed by atoms with Crippen LogP contribution in [0, 0.1) is 5.82 Å². The van der Waals surface area contributed by atoms with Crippen LogP contribution < -0.4 is 5.32 Å². The molecule has 0 radical (unpaired) electrons. The summed E-state index contributed by atoms with van der Waals surface area (Å²) in [5.41, 5.74) is 2.38. The summed E-state index contributed by atoms with van der Waals surface area (Å²) < 4.78 is 16.4. The van der Waals surface area contributed by atoms with Gasteiger partial charge in [0.05, 0.1) is 17.4 Å². The second-order valence-corrected chi connectivity index (χ2v) is 6.27. The van der Waals surface area contributed by atoms with Crippen molar-refractivity contribution >= 4 is 11.7 Å². The topological polar surface area (TPSA) is 90.0 Å². The van der Waals surface area contributed by atoms with E-state index in [0.29, 0.717) is 23.6 Å². The van der Waals surface area contributed by atoms with Crippen LogP contribution in [-0.2, 0) is 6.54 Å². The molecule has 4 rings (SSSR count). The maximum absolute atomic E-state index is 13.2. The Morgan fingerprint density at radius 1 is 1.21 bits per heavy atom. The van der Waals surface area contributed by atoms with Gasteiger partial charge in [0.25, 0.3) is 11.7 Å². The quantitative estimate of drug-likeness (QED) is 0.576. The van der Waals surface area contributed by atoms with Gasteiger partial charge in [0, 0.05) is 18.3 Å². The molecule has 0 unspecified atom stereocenters. The van der Waals surface area contributed by atoms with Crippen LogP contribution in [-0.4, -0.2) is 35.3 Å². The Morgan fingerprint density at radius 3 is 2.75 bits per heavy atom. The molecular formula is C19H18FN7O. The van der Waals surface area contributed by atoms with Gasteiger partial charge in [0.1, 0.15) is 17.8 Å². The van der Waals surface area contributed by atoms with Gasteiger partial charge in [-0.05, 0) is 50.2 Å². The van der Waals surface area contributed by atoms with E-state index in [1.165, 1.54) is 23.0 Å². The average Bonchev–Trinajstić information content (AvgIpc) is 3.36. The molecule has 3 heterocycles. The molecule has 1 N–H and O–H groups in total. The second-order valence-electron chi connectivity index (χ2n) is 6.27. The summed E-state index contributed by atoms with van der Waals surface area (Å²) in [7, 11) is 0. The lowest BCUT2D eigenvalue weighted by Crippen LogP contribution is -2.30. The summed E-state index contributed by atoms with van der Waals surface area (Å²) >= 11 is 0. The molecule has 0 fully saturated rings. The number of halogens is 1. The largest absolute Gasteiger partial charge is 0.343 e. The maximum Gasteiger partial charge on any atom is 0.270 e. The predicted octanol–water partition coefficient (Wildman–Crippen LogP) is 2.64. The smallest absolute Gasteiger partial charge is 0.270 e. The van der Waals surface area contributed by atoms with Crippen molar-refractivity contribution in [3.63, 3.8) is 0 Å². The number of carbonyl (C=O) groups excluding carboxylic acids is 1. The lowest BCUT2D eigenvalue weighted by Gasteiger charge is -2.16. The van der Waals surface area contributed by atoms with Gasteiger partial charge in [-0.2, -0.15) is 19.7 Å².